The molecule has 1 fully saturated rings. The van der Waals surface area contributed by atoms with E-state index in [4.69, 9.17) is 4.74 Å². The van der Waals surface area contributed by atoms with Crippen LogP contribution in [0, 0.1) is 0 Å². The summed E-state index contributed by atoms with van der Waals surface area (Å²) in [4.78, 5) is 10.6. The van der Waals surface area contributed by atoms with Gasteiger partial charge in [-0.1, -0.05) is 18.2 Å². The maximum Gasteiger partial charge on any atom is 0.166 e. The third-order valence-electron chi connectivity index (χ3n) is 3.84. The molecule has 1 aliphatic rings. The lowest BCUT2D eigenvalue weighted by molar-refractivity contribution is 0.242. The Morgan fingerprint density at radius 1 is 1.29 bits per heavy atom. The van der Waals surface area contributed by atoms with E-state index in [2.05, 4.69) is 14.9 Å². The lowest BCUT2D eigenvalue weighted by Crippen LogP contribution is -2.31. The largest absolute Gasteiger partial charge is 0.494 e. The Morgan fingerprint density at radius 2 is 2.14 bits per heavy atom. The Bertz CT molecular complexity index is 578. The highest BCUT2D eigenvalue weighted by Crippen LogP contribution is 2.23. The molecule has 0 spiro atoms. The molecule has 1 aliphatic heterocycles. The van der Waals surface area contributed by atoms with E-state index in [1.165, 1.54) is 32.4 Å². The average Bonchev–Trinajstić information content (AvgIpc) is 2.91. The summed E-state index contributed by atoms with van der Waals surface area (Å²) in [5.41, 5.74) is 2.07. The smallest absolute Gasteiger partial charge is 0.166 e. The standard InChI is InChI=1S/C16H23N3OS/c1-2-20-13-6-7-14-15(12-13)18-16(17-14)21-11-10-19-8-4-3-5-9-19/h6-7,12H,2-5,8-11H2,1H3,(H,17,18). The zero-order valence-electron chi connectivity index (χ0n) is 12.6. The van der Waals surface area contributed by atoms with Gasteiger partial charge < -0.3 is 14.6 Å². The van der Waals surface area contributed by atoms with Crippen LogP contribution < -0.4 is 4.74 Å². The summed E-state index contributed by atoms with van der Waals surface area (Å²) in [5.74, 6) is 2.00. The molecule has 0 radical (unpaired) electrons. The lowest BCUT2D eigenvalue weighted by Gasteiger charge is -2.25. The maximum absolute atomic E-state index is 5.52. The molecule has 4 nitrogen and oxygen atoms in total. The van der Waals surface area contributed by atoms with Crippen molar-refractivity contribution >= 4 is 22.8 Å². The van der Waals surface area contributed by atoms with E-state index in [0.29, 0.717) is 6.61 Å². The minimum absolute atomic E-state index is 0.692. The van der Waals surface area contributed by atoms with Gasteiger partial charge in [-0.25, -0.2) is 4.98 Å². The van der Waals surface area contributed by atoms with Gasteiger partial charge in [-0.15, -0.1) is 0 Å². The number of aromatic nitrogens is 2. The fourth-order valence-corrected chi connectivity index (χ4v) is 3.63. The molecule has 0 amide bonds. The van der Waals surface area contributed by atoms with E-state index in [0.717, 1.165) is 34.2 Å². The number of piperidine rings is 1. The number of hydrogen-bond acceptors (Lipinski definition) is 4. The lowest BCUT2D eigenvalue weighted by atomic mass is 10.1. The van der Waals surface area contributed by atoms with Crippen LogP contribution in [-0.4, -0.2) is 46.9 Å². The molecular weight excluding hydrogens is 282 g/mol. The first-order chi connectivity index (χ1) is 10.3. The van der Waals surface area contributed by atoms with E-state index < -0.39 is 0 Å². The topological polar surface area (TPSA) is 41.1 Å². The molecule has 3 rings (SSSR count). The molecule has 0 aliphatic carbocycles. The molecule has 0 unspecified atom stereocenters. The van der Waals surface area contributed by atoms with Crippen molar-refractivity contribution in [3.05, 3.63) is 18.2 Å². The van der Waals surface area contributed by atoms with Gasteiger partial charge in [0.15, 0.2) is 5.16 Å². The number of hydrogen-bond donors (Lipinski definition) is 1. The second-order valence-electron chi connectivity index (χ2n) is 5.40. The van der Waals surface area contributed by atoms with Gasteiger partial charge in [0.2, 0.25) is 0 Å². The number of rotatable bonds is 6. The summed E-state index contributed by atoms with van der Waals surface area (Å²) in [6.45, 7) is 6.37. The highest BCUT2D eigenvalue weighted by Gasteiger charge is 2.10. The molecule has 1 aromatic heterocycles. The molecule has 5 heteroatoms. The van der Waals surface area contributed by atoms with Crippen molar-refractivity contribution in [3.63, 3.8) is 0 Å². The molecule has 2 aromatic rings. The van der Waals surface area contributed by atoms with Crippen LogP contribution in [0.3, 0.4) is 0 Å². The quantitative estimate of drug-likeness (QED) is 0.829. The second kappa shape index (κ2) is 7.18. The van der Waals surface area contributed by atoms with Crippen molar-refractivity contribution in [2.45, 2.75) is 31.3 Å². The van der Waals surface area contributed by atoms with Gasteiger partial charge in [0.1, 0.15) is 5.75 Å². The molecule has 0 bridgehead atoms. The number of imidazole rings is 1. The number of H-pyrrole nitrogens is 1. The van der Waals surface area contributed by atoms with Crippen LogP contribution in [0.1, 0.15) is 26.2 Å². The van der Waals surface area contributed by atoms with Crippen LogP contribution in [0.4, 0.5) is 0 Å². The fourth-order valence-electron chi connectivity index (χ4n) is 2.74. The third-order valence-corrected chi connectivity index (χ3v) is 4.69. The first kappa shape index (κ1) is 14.7. The zero-order chi connectivity index (χ0) is 14.5. The van der Waals surface area contributed by atoms with Gasteiger partial charge in [0.05, 0.1) is 17.6 Å². The average molecular weight is 305 g/mol. The molecule has 0 saturated carbocycles. The highest BCUT2D eigenvalue weighted by atomic mass is 32.2. The zero-order valence-corrected chi connectivity index (χ0v) is 13.4. The van der Waals surface area contributed by atoms with Gasteiger partial charge in [-0.05, 0) is 45.0 Å². The Balaban J connectivity index is 1.56. The summed E-state index contributed by atoms with van der Waals surface area (Å²) in [5, 5.41) is 1.01. The Labute approximate surface area is 130 Å². The predicted molar refractivity (Wildman–Crippen MR) is 88.3 cm³/mol. The van der Waals surface area contributed by atoms with Crippen molar-refractivity contribution in [2.75, 3.05) is 32.0 Å². The molecule has 1 saturated heterocycles. The SMILES string of the molecule is CCOc1ccc2nc(SCCN3CCCCC3)[nH]c2c1. The molecule has 1 N–H and O–H groups in total. The van der Waals surface area contributed by atoms with Crippen molar-refractivity contribution in [3.8, 4) is 5.75 Å². The summed E-state index contributed by atoms with van der Waals surface area (Å²) >= 11 is 1.81. The van der Waals surface area contributed by atoms with Crippen LogP contribution in [0.5, 0.6) is 5.75 Å². The summed E-state index contributed by atoms with van der Waals surface area (Å²) < 4.78 is 5.52. The van der Waals surface area contributed by atoms with E-state index >= 15 is 0 Å². The van der Waals surface area contributed by atoms with Crippen molar-refractivity contribution in [1.82, 2.24) is 14.9 Å². The summed E-state index contributed by atoms with van der Waals surface area (Å²) in [7, 11) is 0. The number of nitrogens with zero attached hydrogens (tertiary/aromatic N) is 2. The first-order valence-electron chi connectivity index (χ1n) is 7.83. The van der Waals surface area contributed by atoms with Crippen LogP contribution in [-0.2, 0) is 0 Å². The molecule has 2 heterocycles. The number of benzene rings is 1. The maximum atomic E-state index is 5.52. The third kappa shape index (κ3) is 3.92. The van der Waals surface area contributed by atoms with Gasteiger partial charge >= 0.3 is 0 Å². The van der Waals surface area contributed by atoms with E-state index in [1.54, 1.807) is 0 Å². The monoisotopic (exact) mass is 305 g/mol. The Kier molecular flexibility index (Phi) is 5.04. The van der Waals surface area contributed by atoms with E-state index in [1.807, 2.05) is 36.9 Å². The minimum Gasteiger partial charge on any atom is -0.494 e. The minimum atomic E-state index is 0.692. The van der Waals surface area contributed by atoms with Gasteiger partial charge in [-0.2, -0.15) is 0 Å². The summed E-state index contributed by atoms with van der Waals surface area (Å²) in [6, 6.07) is 6.03. The second-order valence-corrected chi connectivity index (χ2v) is 6.49. The number of fused-ring (bicyclic) bond motifs is 1. The van der Waals surface area contributed by atoms with Crippen LogP contribution >= 0.6 is 11.8 Å². The van der Waals surface area contributed by atoms with Crippen molar-refractivity contribution in [2.24, 2.45) is 0 Å². The number of aromatic amines is 1. The number of ether oxygens (including phenoxy) is 1. The number of likely N-dealkylation sites (tertiary alicyclic amines) is 1. The Hall–Kier alpha value is -1.20. The number of thioether (sulfide) groups is 1. The molecule has 1 aromatic carbocycles. The normalized spacial score (nSPS) is 16.4. The highest BCUT2D eigenvalue weighted by molar-refractivity contribution is 7.99. The van der Waals surface area contributed by atoms with Crippen molar-refractivity contribution in [1.29, 1.82) is 0 Å². The van der Waals surface area contributed by atoms with Crippen LogP contribution in [0.2, 0.25) is 0 Å². The fraction of sp³-hybridized carbons (Fsp3) is 0.562. The molecule has 21 heavy (non-hydrogen) atoms. The van der Waals surface area contributed by atoms with Crippen LogP contribution in [0.15, 0.2) is 23.4 Å². The summed E-state index contributed by atoms with van der Waals surface area (Å²) in [6.07, 6.45) is 4.11. The van der Waals surface area contributed by atoms with Crippen LogP contribution in [0.25, 0.3) is 11.0 Å². The van der Waals surface area contributed by atoms with Gasteiger partial charge in [-0.3, -0.25) is 0 Å². The molecule has 114 valence electrons. The van der Waals surface area contributed by atoms with E-state index in [-0.39, 0.29) is 0 Å². The number of nitrogens with one attached hydrogen (secondary N) is 1. The van der Waals surface area contributed by atoms with Gasteiger partial charge in [0.25, 0.3) is 0 Å². The van der Waals surface area contributed by atoms with E-state index in [9.17, 15) is 0 Å². The predicted octanol–water partition coefficient (Wildman–Crippen LogP) is 3.54. The van der Waals surface area contributed by atoms with Crippen molar-refractivity contribution < 1.29 is 4.74 Å². The molecular formula is C16H23N3OS. The van der Waals surface area contributed by atoms with Gasteiger partial charge in [0, 0.05) is 18.4 Å². The first-order valence-corrected chi connectivity index (χ1v) is 8.81. The molecule has 0 atom stereocenters. The Morgan fingerprint density at radius 3 is 2.95 bits per heavy atom.